The van der Waals surface area contributed by atoms with Crippen molar-refractivity contribution in [2.75, 3.05) is 11.9 Å². The normalized spacial score (nSPS) is 21.1. The zero-order valence-electron chi connectivity index (χ0n) is 9.32. The topological polar surface area (TPSA) is 61.4 Å². The van der Waals surface area contributed by atoms with Gasteiger partial charge in [-0.3, -0.25) is 10.1 Å². The van der Waals surface area contributed by atoms with Crippen LogP contribution < -0.4 is 10.6 Å². The minimum Gasteiger partial charge on any atom is -0.506 e. The molecular formula is C11H13ClF2N2O2. The molecule has 1 aliphatic heterocycles. The number of rotatable bonds is 2. The molecule has 2 rings (SSSR count). The van der Waals surface area contributed by atoms with Crippen molar-refractivity contribution < 1.29 is 18.7 Å². The largest absolute Gasteiger partial charge is 0.506 e. The number of benzene rings is 1. The molecule has 1 aromatic rings. The zero-order valence-corrected chi connectivity index (χ0v) is 10.1. The fourth-order valence-corrected chi connectivity index (χ4v) is 1.70. The van der Waals surface area contributed by atoms with E-state index < -0.39 is 30.8 Å². The van der Waals surface area contributed by atoms with Gasteiger partial charge in [0.1, 0.15) is 5.75 Å². The summed E-state index contributed by atoms with van der Waals surface area (Å²) in [7, 11) is 0. The van der Waals surface area contributed by atoms with E-state index in [0.29, 0.717) is 0 Å². The van der Waals surface area contributed by atoms with Crippen LogP contribution in [0.25, 0.3) is 0 Å². The number of aromatic hydroxyl groups is 1. The standard InChI is InChI=1S/C11H12F2N2O2.ClH/c12-11(13)5-8(14-6-11)10(17)15-7-3-1-2-4-9(7)16;/h1-4,8,14,16H,5-6H2,(H,15,17);1H. The highest BCUT2D eigenvalue weighted by Crippen LogP contribution is 2.27. The van der Waals surface area contributed by atoms with Crippen LogP contribution in [-0.2, 0) is 4.79 Å². The summed E-state index contributed by atoms with van der Waals surface area (Å²) in [6.45, 7) is -0.494. The summed E-state index contributed by atoms with van der Waals surface area (Å²) in [6, 6.07) is 5.22. The van der Waals surface area contributed by atoms with Crippen LogP contribution in [0.4, 0.5) is 14.5 Å². The Morgan fingerprint density at radius 2 is 2.11 bits per heavy atom. The molecule has 1 aliphatic rings. The van der Waals surface area contributed by atoms with Crippen LogP contribution in [0, 0.1) is 0 Å². The Labute approximate surface area is 109 Å². The summed E-state index contributed by atoms with van der Waals surface area (Å²) >= 11 is 0. The molecule has 1 aromatic carbocycles. The van der Waals surface area contributed by atoms with Crippen LogP contribution in [0.5, 0.6) is 5.75 Å². The van der Waals surface area contributed by atoms with Crippen LogP contribution in [0.3, 0.4) is 0 Å². The van der Waals surface area contributed by atoms with E-state index in [-0.39, 0.29) is 23.8 Å². The molecule has 1 unspecified atom stereocenters. The molecule has 18 heavy (non-hydrogen) atoms. The fraction of sp³-hybridized carbons (Fsp3) is 0.364. The predicted molar refractivity (Wildman–Crippen MR) is 65.3 cm³/mol. The zero-order chi connectivity index (χ0) is 12.5. The van der Waals surface area contributed by atoms with Crippen molar-refractivity contribution in [1.82, 2.24) is 5.32 Å². The summed E-state index contributed by atoms with van der Waals surface area (Å²) < 4.78 is 25.8. The maximum absolute atomic E-state index is 12.9. The lowest BCUT2D eigenvalue weighted by molar-refractivity contribution is -0.118. The van der Waals surface area contributed by atoms with Crippen LogP contribution in [0.15, 0.2) is 24.3 Å². The lowest BCUT2D eigenvalue weighted by Crippen LogP contribution is -2.35. The monoisotopic (exact) mass is 278 g/mol. The van der Waals surface area contributed by atoms with Crippen LogP contribution >= 0.6 is 12.4 Å². The maximum atomic E-state index is 12.9. The molecule has 1 saturated heterocycles. The summed E-state index contributed by atoms with van der Waals surface area (Å²) in [4.78, 5) is 11.6. The predicted octanol–water partition coefficient (Wildman–Crippen LogP) is 1.75. The Morgan fingerprint density at radius 1 is 1.44 bits per heavy atom. The van der Waals surface area contributed by atoms with Gasteiger partial charge in [0.05, 0.1) is 18.3 Å². The molecule has 1 heterocycles. The highest BCUT2D eigenvalue weighted by atomic mass is 35.5. The third-order valence-corrected chi connectivity index (χ3v) is 2.59. The average molecular weight is 279 g/mol. The second kappa shape index (κ2) is 5.49. The minimum absolute atomic E-state index is 0. The van der Waals surface area contributed by atoms with Crippen molar-refractivity contribution in [3.8, 4) is 5.75 Å². The molecular weight excluding hydrogens is 266 g/mol. The van der Waals surface area contributed by atoms with E-state index in [4.69, 9.17) is 0 Å². The van der Waals surface area contributed by atoms with Gasteiger partial charge in [-0.15, -0.1) is 12.4 Å². The first-order chi connectivity index (χ1) is 7.98. The lowest BCUT2D eigenvalue weighted by atomic mass is 10.2. The van der Waals surface area contributed by atoms with Gasteiger partial charge in [0.2, 0.25) is 5.91 Å². The van der Waals surface area contributed by atoms with Crippen LogP contribution in [0.2, 0.25) is 0 Å². The van der Waals surface area contributed by atoms with E-state index in [2.05, 4.69) is 10.6 Å². The number of carbonyl (C=O) groups is 1. The first kappa shape index (κ1) is 14.7. The van der Waals surface area contributed by atoms with Crippen molar-refractivity contribution in [2.45, 2.75) is 18.4 Å². The van der Waals surface area contributed by atoms with E-state index >= 15 is 0 Å². The highest BCUT2D eigenvalue weighted by Gasteiger charge is 2.42. The quantitative estimate of drug-likeness (QED) is 0.722. The molecule has 0 bridgehead atoms. The van der Waals surface area contributed by atoms with Gasteiger partial charge in [0.25, 0.3) is 5.92 Å². The smallest absolute Gasteiger partial charge is 0.262 e. The SMILES string of the molecule is Cl.O=C(Nc1ccccc1O)C1CC(F)(F)CN1. The number of para-hydroxylation sites is 2. The molecule has 7 heteroatoms. The Balaban J connectivity index is 0.00000162. The number of hydrogen-bond acceptors (Lipinski definition) is 3. The number of phenolic OH excluding ortho intramolecular Hbond substituents is 1. The van der Waals surface area contributed by atoms with Gasteiger partial charge in [0.15, 0.2) is 0 Å². The molecule has 1 fully saturated rings. The molecule has 1 amide bonds. The van der Waals surface area contributed by atoms with Crippen molar-refractivity contribution in [3.63, 3.8) is 0 Å². The van der Waals surface area contributed by atoms with Crippen molar-refractivity contribution in [1.29, 1.82) is 0 Å². The number of alkyl halides is 2. The molecule has 3 N–H and O–H groups in total. The molecule has 0 radical (unpaired) electrons. The summed E-state index contributed by atoms with van der Waals surface area (Å²) in [5.41, 5.74) is 0.217. The molecule has 1 atom stereocenters. The minimum atomic E-state index is -2.85. The molecule has 0 aliphatic carbocycles. The highest BCUT2D eigenvalue weighted by molar-refractivity contribution is 5.96. The molecule has 100 valence electrons. The van der Waals surface area contributed by atoms with E-state index in [1.807, 2.05) is 0 Å². The number of nitrogens with one attached hydrogen (secondary N) is 2. The van der Waals surface area contributed by atoms with E-state index in [9.17, 15) is 18.7 Å². The third kappa shape index (κ3) is 3.30. The van der Waals surface area contributed by atoms with Crippen molar-refractivity contribution in [2.24, 2.45) is 0 Å². The van der Waals surface area contributed by atoms with Crippen LogP contribution in [-0.4, -0.2) is 29.5 Å². The fourth-order valence-electron chi connectivity index (χ4n) is 1.70. The number of halogens is 3. The molecule has 0 aromatic heterocycles. The molecule has 0 spiro atoms. The van der Waals surface area contributed by atoms with Gasteiger partial charge in [-0.25, -0.2) is 8.78 Å². The van der Waals surface area contributed by atoms with Gasteiger partial charge in [0, 0.05) is 6.42 Å². The Bertz CT molecular complexity index is 443. The molecule has 0 saturated carbocycles. The number of phenols is 1. The van der Waals surface area contributed by atoms with Gasteiger partial charge in [-0.1, -0.05) is 12.1 Å². The van der Waals surface area contributed by atoms with Gasteiger partial charge in [-0.2, -0.15) is 0 Å². The van der Waals surface area contributed by atoms with Crippen LogP contribution in [0.1, 0.15) is 6.42 Å². The van der Waals surface area contributed by atoms with Gasteiger partial charge < -0.3 is 10.4 Å². The Kier molecular flexibility index (Phi) is 4.48. The Hall–Kier alpha value is -1.40. The van der Waals surface area contributed by atoms with E-state index in [1.165, 1.54) is 12.1 Å². The summed E-state index contributed by atoms with van der Waals surface area (Å²) in [6.07, 6.45) is -0.521. The number of carbonyl (C=O) groups excluding carboxylic acids is 1. The van der Waals surface area contributed by atoms with Crippen molar-refractivity contribution in [3.05, 3.63) is 24.3 Å². The van der Waals surface area contributed by atoms with E-state index in [0.717, 1.165) is 0 Å². The van der Waals surface area contributed by atoms with Gasteiger partial charge >= 0.3 is 0 Å². The second-order valence-corrected chi connectivity index (χ2v) is 4.00. The van der Waals surface area contributed by atoms with E-state index in [1.54, 1.807) is 12.1 Å². The first-order valence-electron chi connectivity index (χ1n) is 5.18. The number of anilines is 1. The second-order valence-electron chi connectivity index (χ2n) is 4.00. The first-order valence-corrected chi connectivity index (χ1v) is 5.18. The number of hydrogen-bond donors (Lipinski definition) is 3. The van der Waals surface area contributed by atoms with Crippen molar-refractivity contribution >= 4 is 24.0 Å². The molecule has 4 nitrogen and oxygen atoms in total. The lowest BCUT2D eigenvalue weighted by Gasteiger charge is -2.11. The van der Waals surface area contributed by atoms with Gasteiger partial charge in [-0.05, 0) is 12.1 Å². The maximum Gasteiger partial charge on any atom is 0.262 e. The summed E-state index contributed by atoms with van der Waals surface area (Å²) in [5, 5.41) is 14.3. The summed E-state index contributed by atoms with van der Waals surface area (Å²) in [5.74, 6) is -3.50. The Morgan fingerprint density at radius 3 is 2.67 bits per heavy atom. The average Bonchev–Trinajstić information content (AvgIpc) is 2.62. The third-order valence-electron chi connectivity index (χ3n) is 2.59. The number of amides is 1.